The highest BCUT2D eigenvalue weighted by Gasteiger charge is 2.19. The first-order chi connectivity index (χ1) is 13.9. The van der Waals surface area contributed by atoms with Gasteiger partial charge in [-0.15, -0.1) is 0 Å². The van der Waals surface area contributed by atoms with Crippen molar-refractivity contribution >= 4 is 17.6 Å². The minimum atomic E-state index is -0.600. The summed E-state index contributed by atoms with van der Waals surface area (Å²) in [5.41, 5.74) is 2.09. The third-order valence-electron chi connectivity index (χ3n) is 4.00. The third-order valence-corrected chi connectivity index (χ3v) is 4.28. The zero-order valence-electron chi connectivity index (χ0n) is 16.6. The molecule has 0 fully saturated rings. The van der Waals surface area contributed by atoms with Crippen molar-refractivity contribution in [3.8, 4) is 22.9 Å². The molecule has 0 radical (unpaired) electrons. The minimum Gasteiger partial charge on any atom is -0.493 e. The zero-order valence-corrected chi connectivity index (χ0v) is 17.3. The van der Waals surface area contributed by atoms with E-state index in [1.54, 1.807) is 0 Å². The molecular weight excluding hydrogens is 396 g/mol. The highest BCUT2D eigenvalue weighted by Crippen LogP contribution is 2.37. The number of carbonyl (C=O) groups excluding carboxylic acids is 1. The normalized spacial score (nSPS) is 10.8. The molecule has 152 valence electrons. The van der Waals surface area contributed by atoms with Crippen LogP contribution in [0.15, 0.2) is 40.9 Å². The number of carbonyl (C=O) groups is 1. The minimum absolute atomic E-state index is 0.0980. The molecular formula is C21H21ClN2O5. The maximum absolute atomic E-state index is 12.4. The molecule has 0 saturated carbocycles. The number of ether oxygens (including phenoxy) is 3. The Labute approximate surface area is 173 Å². The Morgan fingerprint density at radius 1 is 1.24 bits per heavy atom. The molecule has 8 heteroatoms. The van der Waals surface area contributed by atoms with Gasteiger partial charge in [0, 0.05) is 5.56 Å². The fourth-order valence-electron chi connectivity index (χ4n) is 2.65. The van der Waals surface area contributed by atoms with Crippen LogP contribution < -0.4 is 9.47 Å². The molecule has 0 aliphatic rings. The quantitative estimate of drug-likeness (QED) is 0.509. The van der Waals surface area contributed by atoms with Crippen molar-refractivity contribution in [2.45, 2.75) is 33.5 Å². The first kappa shape index (κ1) is 20.7. The van der Waals surface area contributed by atoms with E-state index in [1.165, 1.54) is 19.2 Å². The first-order valence-corrected chi connectivity index (χ1v) is 9.36. The molecule has 0 saturated heterocycles. The van der Waals surface area contributed by atoms with Gasteiger partial charge in [-0.2, -0.15) is 4.98 Å². The number of hydrogen-bond acceptors (Lipinski definition) is 7. The summed E-state index contributed by atoms with van der Waals surface area (Å²) in [6.07, 6.45) is -0.0980. The number of halogens is 1. The van der Waals surface area contributed by atoms with Crippen LogP contribution in [0, 0.1) is 6.92 Å². The second kappa shape index (κ2) is 8.96. The van der Waals surface area contributed by atoms with Gasteiger partial charge >= 0.3 is 5.97 Å². The van der Waals surface area contributed by atoms with Gasteiger partial charge in [0.1, 0.15) is 0 Å². The molecule has 0 bridgehead atoms. The summed E-state index contributed by atoms with van der Waals surface area (Å²) in [5.74, 6) is 0.749. The van der Waals surface area contributed by atoms with E-state index in [0.717, 1.165) is 11.1 Å². The van der Waals surface area contributed by atoms with Gasteiger partial charge in [0.25, 0.3) is 5.89 Å². The van der Waals surface area contributed by atoms with Crippen molar-refractivity contribution in [3.63, 3.8) is 0 Å². The van der Waals surface area contributed by atoms with Gasteiger partial charge < -0.3 is 18.7 Å². The zero-order chi connectivity index (χ0) is 21.0. The van der Waals surface area contributed by atoms with Crippen LogP contribution >= 0.6 is 11.6 Å². The van der Waals surface area contributed by atoms with Crippen molar-refractivity contribution in [3.05, 3.63) is 58.4 Å². The van der Waals surface area contributed by atoms with Crippen LogP contribution in [0.25, 0.3) is 11.4 Å². The molecule has 29 heavy (non-hydrogen) atoms. The average Bonchev–Trinajstić information content (AvgIpc) is 3.16. The summed E-state index contributed by atoms with van der Waals surface area (Å²) >= 11 is 6.25. The van der Waals surface area contributed by atoms with E-state index in [4.69, 9.17) is 30.3 Å². The predicted octanol–water partition coefficient (Wildman–Crippen LogP) is 4.85. The number of aryl methyl sites for hydroxylation is 1. The van der Waals surface area contributed by atoms with Crippen molar-refractivity contribution in [2.24, 2.45) is 0 Å². The third kappa shape index (κ3) is 4.86. The van der Waals surface area contributed by atoms with Crippen LogP contribution in [-0.4, -0.2) is 29.3 Å². The molecule has 0 spiro atoms. The smallest absolute Gasteiger partial charge is 0.338 e. The first-order valence-electron chi connectivity index (χ1n) is 8.99. The lowest BCUT2D eigenvalue weighted by Crippen LogP contribution is -2.09. The molecule has 2 aromatic carbocycles. The average molecular weight is 417 g/mol. The number of benzene rings is 2. The number of nitrogens with zero attached hydrogens (tertiary/aromatic N) is 2. The van der Waals surface area contributed by atoms with Gasteiger partial charge in [0.05, 0.1) is 23.8 Å². The standard InChI is InChI=1S/C21H21ClN2O5/c1-12(2)28-19-16(22)9-14(10-17(19)26-4)21(25)27-11-18-23-20(24-29-18)15-8-6-5-7-13(15)3/h5-10,12H,11H2,1-4H3. The van der Waals surface area contributed by atoms with E-state index in [0.29, 0.717) is 17.3 Å². The molecule has 3 rings (SSSR count). The van der Waals surface area contributed by atoms with Crippen molar-refractivity contribution in [2.75, 3.05) is 7.11 Å². The van der Waals surface area contributed by atoms with Gasteiger partial charge in [-0.3, -0.25) is 0 Å². The van der Waals surface area contributed by atoms with Crippen LogP contribution in [0.2, 0.25) is 5.02 Å². The number of esters is 1. The predicted molar refractivity (Wildman–Crippen MR) is 107 cm³/mol. The molecule has 1 heterocycles. The number of methoxy groups -OCH3 is 1. The lowest BCUT2D eigenvalue weighted by molar-refractivity contribution is 0.0429. The van der Waals surface area contributed by atoms with Crippen LogP contribution in [-0.2, 0) is 11.3 Å². The largest absolute Gasteiger partial charge is 0.493 e. The molecule has 0 aliphatic heterocycles. The summed E-state index contributed by atoms with van der Waals surface area (Å²) in [6, 6.07) is 10.6. The Kier molecular flexibility index (Phi) is 6.39. The van der Waals surface area contributed by atoms with Crippen molar-refractivity contribution in [1.29, 1.82) is 0 Å². The summed E-state index contributed by atoms with van der Waals surface area (Å²) in [6.45, 7) is 5.53. The van der Waals surface area contributed by atoms with Gasteiger partial charge in [0.2, 0.25) is 5.82 Å². The van der Waals surface area contributed by atoms with Gasteiger partial charge in [-0.25, -0.2) is 4.79 Å². The number of rotatable bonds is 7. The SMILES string of the molecule is COc1cc(C(=O)OCc2nc(-c3ccccc3C)no2)cc(Cl)c1OC(C)C. The molecule has 0 atom stereocenters. The summed E-state index contributed by atoms with van der Waals surface area (Å²) < 4.78 is 21.4. The fraction of sp³-hybridized carbons (Fsp3) is 0.286. The lowest BCUT2D eigenvalue weighted by Gasteiger charge is -2.16. The van der Waals surface area contributed by atoms with Gasteiger partial charge in [0.15, 0.2) is 18.1 Å². The fourth-order valence-corrected chi connectivity index (χ4v) is 2.90. The Morgan fingerprint density at radius 3 is 2.69 bits per heavy atom. The Hall–Kier alpha value is -3.06. The molecule has 7 nitrogen and oxygen atoms in total. The topological polar surface area (TPSA) is 83.7 Å². The van der Waals surface area contributed by atoms with Crippen molar-refractivity contribution in [1.82, 2.24) is 10.1 Å². The highest BCUT2D eigenvalue weighted by atomic mass is 35.5. The van der Waals surface area contributed by atoms with Crippen LogP contribution in [0.4, 0.5) is 0 Å². The maximum atomic E-state index is 12.4. The molecule has 0 amide bonds. The molecule has 0 unspecified atom stereocenters. The van der Waals surface area contributed by atoms with E-state index >= 15 is 0 Å². The molecule has 3 aromatic rings. The van der Waals surface area contributed by atoms with E-state index in [2.05, 4.69) is 10.1 Å². The van der Waals surface area contributed by atoms with E-state index in [-0.39, 0.29) is 29.2 Å². The van der Waals surface area contributed by atoms with E-state index < -0.39 is 5.97 Å². The molecule has 0 aliphatic carbocycles. The summed E-state index contributed by atoms with van der Waals surface area (Å²) in [4.78, 5) is 16.7. The highest BCUT2D eigenvalue weighted by molar-refractivity contribution is 6.32. The Morgan fingerprint density at radius 2 is 2.00 bits per heavy atom. The monoisotopic (exact) mass is 416 g/mol. The number of aromatic nitrogens is 2. The summed E-state index contributed by atoms with van der Waals surface area (Å²) in [7, 11) is 1.47. The lowest BCUT2D eigenvalue weighted by atomic mass is 10.1. The maximum Gasteiger partial charge on any atom is 0.338 e. The molecule has 0 N–H and O–H groups in total. The van der Waals surface area contributed by atoms with Crippen molar-refractivity contribution < 1.29 is 23.5 Å². The summed E-state index contributed by atoms with van der Waals surface area (Å²) in [5, 5.41) is 4.20. The second-order valence-electron chi connectivity index (χ2n) is 6.56. The van der Waals surface area contributed by atoms with Crippen LogP contribution in [0.3, 0.4) is 0 Å². The second-order valence-corrected chi connectivity index (χ2v) is 6.97. The van der Waals surface area contributed by atoms with Crippen LogP contribution in [0.1, 0.15) is 35.7 Å². The Balaban J connectivity index is 1.71. The van der Waals surface area contributed by atoms with E-state index in [9.17, 15) is 4.79 Å². The van der Waals surface area contributed by atoms with Gasteiger partial charge in [-0.1, -0.05) is 41.0 Å². The Bertz CT molecular complexity index is 1020. The van der Waals surface area contributed by atoms with E-state index in [1.807, 2.05) is 45.0 Å². The number of hydrogen-bond donors (Lipinski definition) is 0. The van der Waals surface area contributed by atoms with Crippen LogP contribution in [0.5, 0.6) is 11.5 Å². The molecule has 1 aromatic heterocycles. The van der Waals surface area contributed by atoms with Gasteiger partial charge in [-0.05, 0) is 38.5 Å².